The summed E-state index contributed by atoms with van der Waals surface area (Å²) in [5, 5.41) is 3.75. The summed E-state index contributed by atoms with van der Waals surface area (Å²) in [5.41, 5.74) is 13.5. The van der Waals surface area contributed by atoms with Gasteiger partial charge in [0, 0.05) is 62.9 Å². The van der Waals surface area contributed by atoms with Crippen molar-refractivity contribution in [3.63, 3.8) is 0 Å². The average Bonchev–Trinajstić information content (AvgIpc) is 2.97. The smallest absolute Gasteiger partial charge is 0.0979 e. The normalized spacial score (nSPS) is 18.2. The van der Waals surface area contributed by atoms with E-state index in [0.29, 0.717) is 0 Å². The lowest BCUT2D eigenvalue weighted by atomic mass is 9.95. The van der Waals surface area contributed by atoms with Crippen molar-refractivity contribution in [3.05, 3.63) is 101 Å². The third-order valence-electron chi connectivity index (χ3n) is 7.49. The van der Waals surface area contributed by atoms with Crippen molar-refractivity contribution in [2.75, 3.05) is 39.8 Å². The second kappa shape index (κ2) is 16.1. The molecule has 2 aliphatic rings. The third kappa shape index (κ3) is 9.58. The first-order chi connectivity index (χ1) is 19.7. The lowest BCUT2D eigenvalue weighted by Crippen LogP contribution is -2.43. The number of aliphatic imine (C=N–C) groups is 1. The van der Waals surface area contributed by atoms with Gasteiger partial charge in [-0.1, -0.05) is 31.2 Å². The highest BCUT2D eigenvalue weighted by Gasteiger charge is 2.21. The van der Waals surface area contributed by atoms with Gasteiger partial charge in [0.05, 0.1) is 23.7 Å². The number of nitrogens with one attached hydrogen (secondary N) is 1. The van der Waals surface area contributed by atoms with Crippen molar-refractivity contribution in [3.8, 4) is 0 Å². The molecule has 1 saturated heterocycles. The first-order valence-electron chi connectivity index (χ1n) is 15.0. The van der Waals surface area contributed by atoms with Gasteiger partial charge < -0.3 is 25.8 Å². The van der Waals surface area contributed by atoms with Crippen LogP contribution >= 0.6 is 0 Å². The van der Waals surface area contributed by atoms with Crippen LogP contribution in [0.2, 0.25) is 0 Å². The molecule has 4 rings (SSSR count). The van der Waals surface area contributed by atoms with Crippen LogP contribution in [0.3, 0.4) is 0 Å². The van der Waals surface area contributed by atoms with E-state index in [-0.39, 0.29) is 12.2 Å². The number of rotatable bonds is 9. The Balaban J connectivity index is 0.00000147. The molecule has 2 aromatic rings. The minimum absolute atomic E-state index is 0.182. The monoisotopic (exact) mass is 557 g/mol. The number of likely N-dealkylation sites (N-methyl/N-ethyl adjacent to an activating group) is 1. The molecule has 2 atom stereocenters. The molecule has 0 amide bonds. The van der Waals surface area contributed by atoms with E-state index in [2.05, 4.69) is 95.8 Å². The van der Waals surface area contributed by atoms with Gasteiger partial charge in [0.1, 0.15) is 0 Å². The number of aromatic nitrogens is 1. The van der Waals surface area contributed by atoms with Crippen LogP contribution in [0.15, 0.2) is 84.0 Å². The van der Waals surface area contributed by atoms with Crippen LogP contribution in [0.5, 0.6) is 0 Å². The maximum Gasteiger partial charge on any atom is 0.0979 e. The van der Waals surface area contributed by atoms with Crippen LogP contribution in [-0.2, 0) is 13.0 Å². The predicted octanol–water partition coefficient (Wildman–Crippen LogP) is 5.48. The van der Waals surface area contributed by atoms with E-state index in [1.54, 1.807) is 6.08 Å². The zero-order chi connectivity index (χ0) is 29.8. The first kappa shape index (κ1) is 32.1. The van der Waals surface area contributed by atoms with E-state index in [9.17, 15) is 0 Å². The molecule has 0 radical (unpaired) electrons. The molecule has 1 fully saturated rings. The maximum absolute atomic E-state index is 6.16. The molecule has 1 aromatic heterocycles. The molecule has 7 nitrogen and oxygen atoms in total. The number of pyridine rings is 1. The Labute approximate surface area is 248 Å². The van der Waals surface area contributed by atoms with Gasteiger partial charge in [-0.15, -0.1) is 6.58 Å². The highest BCUT2D eigenvalue weighted by Crippen LogP contribution is 2.25. The Morgan fingerprint density at radius 3 is 2.49 bits per heavy atom. The van der Waals surface area contributed by atoms with Crippen molar-refractivity contribution >= 4 is 5.71 Å². The van der Waals surface area contributed by atoms with Gasteiger partial charge in [-0.05, 0) is 88.6 Å². The summed E-state index contributed by atoms with van der Waals surface area (Å²) in [7, 11) is 2.19. The molecule has 2 unspecified atom stereocenters. The number of allylic oxidation sites excluding steroid dienone is 4. The van der Waals surface area contributed by atoms with Gasteiger partial charge in [0.2, 0.25) is 0 Å². The minimum atomic E-state index is -0.258. The molecule has 7 heteroatoms. The largest absolute Gasteiger partial charge is 0.372 e. The molecule has 0 aliphatic carbocycles. The Morgan fingerprint density at radius 1 is 1.12 bits per heavy atom. The molecule has 3 N–H and O–H groups in total. The van der Waals surface area contributed by atoms with Crippen molar-refractivity contribution in [2.45, 2.75) is 66.2 Å². The molecular formula is C34H51N7. The summed E-state index contributed by atoms with van der Waals surface area (Å²) in [5.74, 6) is 1.19. The van der Waals surface area contributed by atoms with Gasteiger partial charge in [-0.3, -0.25) is 9.98 Å². The Hall–Kier alpha value is -3.42. The molecule has 0 saturated carbocycles. The molecule has 0 spiro atoms. The number of nitrogens with two attached hydrogens (primary N) is 1. The van der Waals surface area contributed by atoms with Gasteiger partial charge in [0.15, 0.2) is 0 Å². The molecule has 41 heavy (non-hydrogen) atoms. The third-order valence-corrected chi connectivity index (χ3v) is 7.49. The van der Waals surface area contributed by atoms with E-state index in [1.807, 2.05) is 32.3 Å². The van der Waals surface area contributed by atoms with Crippen LogP contribution in [0, 0.1) is 0 Å². The standard InChI is InChI=1S/C31H45N7.C3H6/c1-6-8-31(34-24(3)28-9-7-13-33-21-28)38-14-12-26-10-11-27(20-29(26)22-38)30(35-25(4)32)19-23(2)37-17-15-36(5)16-18-37;1-3-2/h7-11,13,19-21,24-25,34H,6,12,14-18,22,32H2,1-5H3;3H,1H2,2H3/b23-19+,31-8-,35-30+;. The van der Waals surface area contributed by atoms with Gasteiger partial charge in [-0.25, -0.2) is 0 Å². The minimum Gasteiger partial charge on any atom is -0.372 e. The van der Waals surface area contributed by atoms with E-state index in [1.165, 1.54) is 28.2 Å². The van der Waals surface area contributed by atoms with Gasteiger partial charge in [-0.2, -0.15) is 0 Å². The number of piperazine rings is 1. The van der Waals surface area contributed by atoms with Crippen LogP contribution in [0.4, 0.5) is 0 Å². The van der Waals surface area contributed by atoms with Crippen molar-refractivity contribution < 1.29 is 0 Å². The quantitative estimate of drug-likeness (QED) is 0.314. The van der Waals surface area contributed by atoms with E-state index < -0.39 is 0 Å². The predicted molar refractivity (Wildman–Crippen MR) is 174 cm³/mol. The SMILES string of the molecule is C=CC.CC/C=C(/NC(C)c1cccnc1)N1CCc2ccc(C(/C=C(\C)N3CCN(C)CC3)=N/C(C)N)cc2C1. The molecule has 1 aromatic carbocycles. The molecule has 2 aliphatic heterocycles. The molecule has 3 heterocycles. The van der Waals surface area contributed by atoms with Crippen LogP contribution in [0.25, 0.3) is 0 Å². The molecule has 222 valence electrons. The number of hydrogen-bond acceptors (Lipinski definition) is 7. The van der Waals surface area contributed by atoms with Crippen LogP contribution < -0.4 is 11.1 Å². The number of hydrogen-bond donors (Lipinski definition) is 2. The van der Waals surface area contributed by atoms with Gasteiger partial charge in [0.25, 0.3) is 0 Å². The van der Waals surface area contributed by atoms with Crippen molar-refractivity contribution in [1.82, 2.24) is 25.0 Å². The number of benzene rings is 1. The fourth-order valence-electron chi connectivity index (χ4n) is 5.19. The molecule has 0 bridgehead atoms. The fraction of sp³-hybridized carbons (Fsp3) is 0.471. The first-order valence-corrected chi connectivity index (χ1v) is 15.0. The zero-order valence-corrected chi connectivity index (χ0v) is 26.1. The van der Waals surface area contributed by atoms with E-state index >= 15 is 0 Å². The zero-order valence-electron chi connectivity index (χ0n) is 26.1. The number of nitrogens with zero attached hydrogens (tertiary/aromatic N) is 5. The lowest BCUT2D eigenvalue weighted by Gasteiger charge is -2.35. The topological polar surface area (TPSA) is 73.0 Å². The second-order valence-corrected chi connectivity index (χ2v) is 11.0. The summed E-state index contributed by atoms with van der Waals surface area (Å²) in [4.78, 5) is 16.4. The average molecular weight is 558 g/mol. The summed E-state index contributed by atoms with van der Waals surface area (Å²) in [6.07, 6.45) is 11.8. The van der Waals surface area contributed by atoms with Crippen LogP contribution in [0.1, 0.15) is 69.3 Å². The Morgan fingerprint density at radius 2 is 1.85 bits per heavy atom. The number of fused-ring (bicyclic) bond motifs is 1. The summed E-state index contributed by atoms with van der Waals surface area (Å²) >= 11 is 0. The highest BCUT2D eigenvalue weighted by molar-refractivity contribution is 6.09. The fourth-order valence-corrected chi connectivity index (χ4v) is 5.19. The lowest BCUT2D eigenvalue weighted by molar-refractivity contribution is 0.187. The van der Waals surface area contributed by atoms with Crippen molar-refractivity contribution in [2.24, 2.45) is 10.7 Å². The Kier molecular flexibility index (Phi) is 12.6. The highest BCUT2D eigenvalue weighted by atomic mass is 15.3. The van der Waals surface area contributed by atoms with Gasteiger partial charge >= 0.3 is 0 Å². The van der Waals surface area contributed by atoms with E-state index in [0.717, 1.165) is 63.4 Å². The summed E-state index contributed by atoms with van der Waals surface area (Å²) < 4.78 is 0. The maximum atomic E-state index is 6.16. The Bertz CT molecular complexity index is 1190. The summed E-state index contributed by atoms with van der Waals surface area (Å²) in [6, 6.07) is 11.1. The van der Waals surface area contributed by atoms with Crippen molar-refractivity contribution in [1.29, 1.82) is 0 Å². The van der Waals surface area contributed by atoms with E-state index in [4.69, 9.17) is 10.7 Å². The second-order valence-electron chi connectivity index (χ2n) is 11.0. The molecular weight excluding hydrogens is 506 g/mol. The van der Waals surface area contributed by atoms with Crippen LogP contribution in [-0.4, -0.2) is 71.3 Å². The summed E-state index contributed by atoms with van der Waals surface area (Å²) in [6.45, 7) is 19.9.